The van der Waals surface area contributed by atoms with Crippen LogP contribution in [0.25, 0.3) is 0 Å². The first-order valence-electron chi connectivity index (χ1n) is 4.77. The molecular formula is C9H18N2. The van der Waals surface area contributed by atoms with Crippen LogP contribution in [-0.2, 0) is 0 Å². The van der Waals surface area contributed by atoms with Gasteiger partial charge in [0.1, 0.15) is 0 Å². The topological polar surface area (TPSA) is 15.3 Å². The van der Waals surface area contributed by atoms with Crippen LogP contribution in [0.5, 0.6) is 0 Å². The summed E-state index contributed by atoms with van der Waals surface area (Å²) in [6.45, 7) is 3.90. The maximum absolute atomic E-state index is 3.32. The Hall–Kier alpha value is -0.0800. The minimum absolute atomic E-state index is 0.590. The van der Waals surface area contributed by atoms with Crippen molar-refractivity contribution in [2.45, 2.75) is 31.2 Å². The van der Waals surface area contributed by atoms with E-state index in [1.165, 1.54) is 45.3 Å². The van der Waals surface area contributed by atoms with Gasteiger partial charge in [0.25, 0.3) is 0 Å². The van der Waals surface area contributed by atoms with Crippen molar-refractivity contribution in [3.05, 3.63) is 0 Å². The lowest BCUT2D eigenvalue weighted by atomic mass is 9.74. The van der Waals surface area contributed by atoms with Crippen LogP contribution in [0.4, 0.5) is 0 Å². The number of rotatable bonds is 3. The maximum atomic E-state index is 3.32. The van der Waals surface area contributed by atoms with Crippen LogP contribution in [0.3, 0.4) is 0 Å². The number of nitrogens with zero attached hydrogens (tertiary/aromatic N) is 1. The standard InChI is InChI=1S/C9H18N2/c1-10-8-9(4-2-5-9)11-6-3-7-11/h10H,2-8H2,1H3. The summed E-state index contributed by atoms with van der Waals surface area (Å²) in [5, 5.41) is 3.32. The fraction of sp³-hybridized carbons (Fsp3) is 1.00. The van der Waals surface area contributed by atoms with Crippen molar-refractivity contribution in [1.29, 1.82) is 0 Å². The molecular weight excluding hydrogens is 136 g/mol. The highest BCUT2D eigenvalue weighted by Gasteiger charge is 2.43. The predicted molar refractivity (Wildman–Crippen MR) is 46.7 cm³/mol. The number of likely N-dealkylation sites (tertiary alicyclic amines) is 1. The number of hydrogen-bond donors (Lipinski definition) is 1. The van der Waals surface area contributed by atoms with E-state index in [-0.39, 0.29) is 0 Å². The lowest BCUT2D eigenvalue weighted by Gasteiger charge is -2.54. The van der Waals surface area contributed by atoms with Crippen LogP contribution in [0.2, 0.25) is 0 Å². The third kappa shape index (κ3) is 1.09. The normalized spacial score (nSPS) is 29.2. The molecule has 0 unspecified atom stereocenters. The first kappa shape index (κ1) is 7.56. The van der Waals surface area contributed by atoms with Crippen LogP contribution >= 0.6 is 0 Å². The van der Waals surface area contributed by atoms with Gasteiger partial charge in [-0.1, -0.05) is 0 Å². The quantitative estimate of drug-likeness (QED) is 0.648. The molecule has 0 aromatic rings. The average Bonchev–Trinajstić information content (AvgIpc) is 1.79. The van der Waals surface area contributed by atoms with E-state index in [2.05, 4.69) is 17.3 Å². The lowest BCUT2D eigenvalue weighted by Crippen LogP contribution is -2.63. The summed E-state index contributed by atoms with van der Waals surface area (Å²) < 4.78 is 0. The van der Waals surface area contributed by atoms with E-state index in [1.54, 1.807) is 0 Å². The molecule has 1 N–H and O–H groups in total. The highest BCUT2D eigenvalue weighted by Crippen LogP contribution is 2.39. The van der Waals surface area contributed by atoms with E-state index in [4.69, 9.17) is 0 Å². The summed E-state index contributed by atoms with van der Waals surface area (Å²) in [7, 11) is 2.07. The molecule has 2 rings (SSSR count). The van der Waals surface area contributed by atoms with E-state index in [9.17, 15) is 0 Å². The van der Waals surface area contributed by atoms with Gasteiger partial charge < -0.3 is 5.32 Å². The molecule has 0 amide bonds. The molecule has 0 bridgehead atoms. The molecule has 1 aliphatic heterocycles. The zero-order valence-electron chi connectivity index (χ0n) is 7.40. The predicted octanol–water partition coefficient (Wildman–Crippen LogP) is 0.834. The molecule has 2 fully saturated rings. The molecule has 11 heavy (non-hydrogen) atoms. The number of nitrogens with one attached hydrogen (secondary N) is 1. The molecule has 2 heteroatoms. The maximum Gasteiger partial charge on any atom is 0.0333 e. The van der Waals surface area contributed by atoms with Gasteiger partial charge in [-0.2, -0.15) is 0 Å². The number of hydrogen-bond acceptors (Lipinski definition) is 2. The summed E-state index contributed by atoms with van der Waals surface area (Å²) in [5.74, 6) is 0. The van der Waals surface area contributed by atoms with Gasteiger partial charge in [0.2, 0.25) is 0 Å². The molecule has 1 aliphatic carbocycles. The van der Waals surface area contributed by atoms with E-state index in [0.717, 1.165) is 0 Å². The van der Waals surface area contributed by atoms with E-state index >= 15 is 0 Å². The highest BCUT2D eigenvalue weighted by molar-refractivity contribution is 5.01. The Morgan fingerprint density at radius 3 is 2.27 bits per heavy atom. The Labute approximate surface area is 69.0 Å². The first-order chi connectivity index (χ1) is 5.37. The molecule has 2 nitrogen and oxygen atoms in total. The first-order valence-corrected chi connectivity index (χ1v) is 4.77. The molecule has 64 valence electrons. The van der Waals surface area contributed by atoms with E-state index in [1.807, 2.05) is 0 Å². The van der Waals surface area contributed by atoms with E-state index in [0.29, 0.717) is 5.54 Å². The van der Waals surface area contributed by atoms with Gasteiger partial charge in [0.05, 0.1) is 0 Å². The fourth-order valence-corrected chi connectivity index (χ4v) is 2.31. The van der Waals surface area contributed by atoms with Crippen molar-refractivity contribution >= 4 is 0 Å². The van der Waals surface area contributed by atoms with Crippen LogP contribution < -0.4 is 5.32 Å². The smallest absolute Gasteiger partial charge is 0.0333 e. The van der Waals surface area contributed by atoms with Crippen molar-refractivity contribution in [1.82, 2.24) is 10.2 Å². The van der Waals surface area contributed by atoms with Gasteiger partial charge in [0.15, 0.2) is 0 Å². The van der Waals surface area contributed by atoms with Gasteiger partial charge >= 0.3 is 0 Å². The molecule has 0 aromatic carbocycles. The zero-order valence-corrected chi connectivity index (χ0v) is 7.40. The Morgan fingerprint density at radius 1 is 1.27 bits per heavy atom. The van der Waals surface area contributed by atoms with Gasteiger partial charge in [0, 0.05) is 12.1 Å². The summed E-state index contributed by atoms with van der Waals surface area (Å²) >= 11 is 0. The van der Waals surface area contributed by atoms with Gasteiger partial charge in [-0.25, -0.2) is 0 Å². The molecule has 0 radical (unpaired) electrons. The van der Waals surface area contributed by atoms with Gasteiger partial charge in [-0.05, 0) is 45.8 Å². The van der Waals surface area contributed by atoms with E-state index < -0.39 is 0 Å². The Bertz CT molecular complexity index is 136. The van der Waals surface area contributed by atoms with Crippen LogP contribution in [0.15, 0.2) is 0 Å². The SMILES string of the molecule is CNCC1(N2CCC2)CCC1. The second-order valence-electron chi connectivity index (χ2n) is 3.95. The third-order valence-corrected chi connectivity index (χ3v) is 3.32. The second kappa shape index (κ2) is 2.76. The van der Waals surface area contributed by atoms with Crippen LogP contribution in [-0.4, -0.2) is 37.1 Å². The second-order valence-corrected chi connectivity index (χ2v) is 3.95. The van der Waals surface area contributed by atoms with Crippen molar-refractivity contribution < 1.29 is 0 Å². The molecule has 0 atom stereocenters. The fourth-order valence-electron chi connectivity index (χ4n) is 2.31. The monoisotopic (exact) mass is 154 g/mol. The minimum atomic E-state index is 0.590. The average molecular weight is 154 g/mol. The van der Waals surface area contributed by atoms with Crippen molar-refractivity contribution in [3.63, 3.8) is 0 Å². The molecule has 1 saturated heterocycles. The summed E-state index contributed by atoms with van der Waals surface area (Å²) in [6.07, 6.45) is 5.71. The lowest BCUT2D eigenvalue weighted by molar-refractivity contribution is -0.0257. The minimum Gasteiger partial charge on any atom is -0.318 e. The Balaban J connectivity index is 1.92. The van der Waals surface area contributed by atoms with Gasteiger partial charge in [-0.15, -0.1) is 0 Å². The van der Waals surface area contributed by atoms with Crippen molar-refractivity contribution in [2.24, 2.45) is 0 Å². The van der Waals surface area contributed by atoms with Gasteiger partial charge in [-0.3, -0.25) is 4.90 Å². The Kier molecular flexibility index (Phi) is 1.90. The van der Waals surface area contributed by atoms with Crippen LogP contribution in [0.1, 0.15) is 25.7 Å². The molecule has 0 spiro atoms. The largest absolute Gasteiger partial charge is 0.318 e. The van der Waals surface area contributed by atoms with Crippen LogP contribution in [0, 0.1) is 0 Å². The molecule has 2 aliphatic rings. The van der Waals surface area contributed by atoms with Crippen molar-refractivity contribution in [2.75, 3.05) is 26.7 Å². The Morgan fingerprint density at radius 2 is 2.00 bits per heavy atom. The molecule has 1 saturated carbocycles. The van der Waals surface area contributed by atoms with Crippen molar-refractivity contribution in [3.8, 4) is 0 Å². The highest BCUT2D eigenvalue weighted by atomic mass is 15.3. The number of likely N-dealkylation sites (N-methyl/N-ethyl adjacent to an activating group) is 1. The zero-order chi connectivity index (χ0) is 7.73. The molecule has 0 aromatic heterocycles. The summed E-state index contributed by atoms with van der Waals surface area (Å²) in [5.41, 5.74) is 0.590. The molecule has 1 heterocycles. The summed E-state index contributed by atoms with van der Waals surface area (Å²) in [6, 6.07) is 0. The summed E-state index contributed by atoms with van der Waals surface area (Å²) in [4.78, 5) is 2.66. The third-order valence-electron chi connectivity index (χ3n) is 3.32.